The van der Waals surface area contributed by atoms with Gasteiger partial charge >= 0.3 is 6.18 Å². The lowest BCUT2D eigenvalue weighted by Gasteiger charge is -2.21. The molecule has 0 saturated carbocycles. The molecule has 1 unspecified atom stereocenters. The number of anilines is 1. The van der Waals surface area contributed by atoms with E-state index >= 15 is 0 Å². The highest BCUT2D eigenvalue weighted by atomic mass is 127. The van der Waals surface area contributed by atoms with E-state index in [2.05, 4.69) is 20.6 Å². The van der Waals surface area contributed by atoms with Crippen molar-refractivity contribution in [2.45, 2.75) is 25.1 Å². The minimum atomic E-state index is -4.51. The van der Waals surface area contributed by atoms with E-state index in [1.54, 1.807) is 4.90 Å². The molecule has 1 aliphatic heterocycles. The van der Waals surface area contributed by atoms with E-state index in [1.165, 1.54) is 7.05 Å². The molecule has 5 nitrogen and oxygen atoms in total. The van der Waals surface area contributed by atoms with Gasteiger partial charge in [-0.2, -0.15) is 13.2 Å². The highest BCUT2D eigenvalue weighted by Gasteiger charge is 2.33. The molecule has 12 heteroatoms. The van der Waals surface area contributed by atoms with Crippen LogP contribution in [0, 0.1) is 0 Å². The molecular weight excluding hydrogens is 496 g/mol. The summed E-state index contributed by atoms with van der Waals surface area (Å²) in [5.74, 6) is 0.494. The zero-order valence-electron chi connectivity index (χ0n) is 13.7. The predicted molar refractivity (Wildman–Crippen MR) is 101 cm³/mol. The first-order valence-electron chi connectivity index (χ1n) is 7.43. The lowest BCUT2D eigenvalue weighted by Crippen LogP contribution is -2.45. The van der Waals surface area contributed by atoms with E-state index in [0.717, 1.165) is 12.3 Å². The van der Waals surface area contributed by atoms with Gasteiger partial charge in [-0.3, -0.25) is 4.99 Å². The molecule has 1 atom stereocenters. The number of guanidine groups is 1. The van der Waals surface area contributed by atoms with Gasteiger partial charge in [0.05, 0.1) is 17.1 Å². The number of rotatable bonds is 4. The lowest BCUT2D eigenvalue weighted by molar-refractivity contribution is -0.137. The Kier molecular flexibility index (Phi) is 8.57. The number of aromatic nitrogens is 1. The van der Waals surface area contributed by atoms with Gasteiger partial charge in [-0.15, -0.1) is 24.0 Å². The summed E-state index contributed by atoms with van der Waals surface area (Å²) < 4.78 is 62.4. The molecule has 1 aromatic heterocycles. The van der Waals surface area contributed by atoms with Gasteiger partial charge in [0.25, 0.3) is 6.43 Å². The Morgan fingerprint density at radius 2 is 2.15 bits per heavy atom. The Hall–Kier alpha value is -1.11. The quantitative estimate of drug-likeness (QED) is 0.281. The third kappa shape index (κ3) is 6.25. The number of hydrogen-bond acceptors (Lipinski definition) is 3. The molecule has 2 rings (SSSR count). The van der Waals surface area contributed by atoms with E-state index in [0.29, 0.717) is 19.5 Å². The first-order chi connectivity index (χ1) is 11.7. The smallest absolute Gasteiger partial charge is 0.353 e. The Morgan fingerprint density at radius 1 is 1.46 bits per heavy atom. The predicted octanol–water partition coefficient (Wildman–Crippen LogP) is 3.38. The van der Waals surface area contributed by atoms with Crippen LogP contribution in [0.25, 0.3) is 0 Å². The molecule has 0 aromatic carbocycles. The summed E-state index contributed by atoms with van der Waals surface area (Å²) in [6.45, 7) is 0.400. The Morgan fingerprint density at radius 3 is 2.69 bits per heavy atom. The van der Waals surface area contributed by atoms with Crippen LogP contribution in [0.2, 0.25) is 5.02 Å². The van der Waals surface area contributed by atoms with Crippen LogP contribution in [0.5, 0.6) is 0 Å². The number of aliphatic imine (C=N–C) groups is 1. The summed E-state index contributed by atoms with van der Waals surface area (Å²) in [5, 5.41) is 5.39. The molecule has 1 aliphatic rings. The van der Waals surface area contributed by atoms with Gasteiger partial charge in [-0.05, 0) is 12.5 Å². The monoisotopic (exact) mass is 513 g/mol. The van der Waals surface area contributed by atoms with Crippen LogP contribution in [0.3, 0.4) is 0 Å². The van der Waals surface area contributed by atoms with Gasteiger partial charge in [-0.1, -0.05) is 11.6 Å². The van der Waals surface area contributed by atoms with Crippen molar-refractivity contribution in [2.75, 3.05) is 31.6 Å². The highest BCUT2D eigenvalue weighted by Crippen LogP contribution is 2.34. The average Bonchev–Trinajstić information content (AvgIpc) is 2.98. The second kappa shape index (κ2) is 9.72. The number of hydrogen-bond donors (Lipinski definition) is 2. The number of halogens is 7. The second-order valence-electron chi connectivity index (χ2n) is 5.45. The minimum Gasteiger partial charge on any atom is -0.353 e. The van der Waals surface area contributed by atoms with Crippen molar-refractivity contribution in [1.82, 2.24) is 15.6 Å². The van der Waals surface area contributed by atoms with Crippen LogP contribution in [0.4, 0.5) is 27.8 Å². The zero-order chi connectivity index (χ0) is 18.6. The standard InChI is InChI=1S/C14H17ClF5N5.HI/c1-21-13(23-6-11(16)17)24-9-2-3-25(7-9)12-10(15)4-8(5-22-12)14(18,19)20;/h4-5,9,11H,2-3,6-7H2,1H3,(H2,21,23,24);1H. The highest BCUT2D eigenvalue weighted by molar-refractivity contribution is 14.0. The van der Waals surface area contributed by atoms with Crippen LogP contribution in [-0.2, 0) is 6.18 Å². The summed E-state index contributed by atoms with van der Waals surface area (Å²) in [7, 11) is 1.46. The summed E-state index contributed by atoms with van der Waals surface area (Å²) in [6, 6.07) is 0.720. The van der Waals surface area contributed by atoms with Crippen molar-refractivity contribution >= 4 is 47.4 Å². The van der Waals surface area contributed by atoms with E-state index < -0.39 is 24.7 Å². The lowest BCUT2D eigenvalue weighted by atomic mass is 10.2. The Balaban J connectivity index is 0.00000338. The van der Waals surface area contributed by atoms with E-state index in [4.69, 9.17) is 11.6 Å². The zero-order valence-corrected chi connectivity index (χ0v) is 16.7. The van der Waals surface area contributed by atoms with Crippen molar-refractivity contribution < 1.29 is 22.0 Å². The fraction of sp³-hybridized carbons (Fsp3) is 0.571. The molecule has 0 bridgehead atoms. The largest absolute Gasteiger partial charge is 0.417 e. The van der Waals surface area contributed by atoms with E-state index in [1.807, 2.05) is 0 Å². The molecule has 26 heavy (non-hydrogen) atoms. The van der Waals surface area contributed by atoms with Gasteiger partial charge in [0.15, 0.2) is 5.96 Å². The SMILES string of the molecule is CN=C(NCC(F)F)NC1CCN(c2ncc(C(F)(F)F)cc2Cl)C1.I. The van der Waals surface area contributed by atoms with E-state index in [9.17, 15) is 22.0 Å². The molecular formula is C14H18ClF5IN5. The molecule has 2 heterocycles. The van der Waals surface area contributed by atoms with Gasteiger partial charge in [0, 0.05) is 32.4 Å². The van der Waals surface area contributed by atoms with Gasteiger partial charge < -0.3 is 15.5 Å². The van der Waals surface area contributed by atoms with Crippen molar-refractivity contribution in [3.05, 3.63) is 22.8 Å². The Bertz CT molecular complexity index is 628. The first-order valence-corrected chi connectivity index (χ1v) is 7.81. The maximum absolute atomic E-state index is 12.7. The summed E-state index contributed by atoms with van der Waals surface area (Å²) >= 11 is 5.94. The fourth-order valence-electron chi connectivity index (χ4n) is 2.45. The normalized spacial score (nSPS) is 18.1. The minimum absolute atomic E-state index is 0. The molecule has 1 fully saturated rings. The summed E-state index contributed by atoms with van der Waals surface area (Å²) in [4.78, 5) is 9.41. The molecule has 0 radical (unpaired) electrons. The molecule has 148 valence electrons. The molecule has 0 spiro atoms. The topological polar surface area (TPSA) is 52.6 Å². The Labute approximate surface area is 169 Å². The molecule has 0 amide bonds. The number of pyridine rings is 1. The van der Waals surface area contributed by atoms with Crippen molar-refractivity contribution in [3.63, 3.8) is 0 Å². The van der Waals surface area contributed by atoms with Gasteiger partial charge in [0.2, 0.25) is 0 Å². The van der Waals surface area contributed by atoms with E-state index in [-0.39, 0.29) is 46.8 Å². The average molecular weight is 514 g/mol. The van der Waals surface area contributed by atoms with Crippen molar-refractivity contribution in [2.24, 2.45) is 4.99 Å². The number of nitrogens with one attached hydrogen (secondary N) is 2. The molecule has 1 aromatic rings. The van der Waals surface area contributed by atoms with Crippen molar-refractivity contribution in [3.8, 4) is 0 Å². The van der Waals surface area contributed by atoms with Crippen molar-refractivity contribution in [1.29, 1.82) is 0 Å². The maximum Gasteiger partial charge on any atom is 0.417 e. The van der Waals surface area contributed by atoms with Gasteiger partial charge in [-0.25, -0.2) is 13.8 Å². The van der Waals surface area contributed by atoms with Crippen LogP contribution in [-0.4, -0.2) is 50.1 Å². The summed E-state index contributed by atoms with van der Waals surface area (Å²) in [5.41, 5.74) is -0.910. The van der Waals surface area contributed by atoms with Crippen LogP contribution in [0.1, 0.15) is 12.0 Å². The molecule has 0 aliphatic carbocycles. The first kappa shape index (κ1) is 22.9. The van der Waals surface area contributed by atoms with Crippen LogP contribution in [0.15, 0.2) is 17.3 Å². The third-order valence-electron chi connectivity index (χ3n) is 3.63. The maximum atomic E-state index is 12.7. The van der Waals surface area contributed by atoms with Gasteiger partial charge in [0.1, 0.15) is 5.82 Å². The molecule has 2 N–H and O–H groups in total. The fourth-order valence-corrected chi connectivity index (χ4v) is 2.74. The number of nitrogens with zero attached hydrogens (tertiary/aromatic N) is 3. The number of alkyl halides is 5. The second-order valence-corrected chi connectivity index (χ2v) is 5.85. The summed E-state index contributed by atoms with van der Waals surface area (Å²) in [6.07, 6.45) is -5.64. The third-order valence-corrected chi connectivity index (χ3v) is 3.90. The van der Waals surface area contributed by atoms with Crippen LogP contribution < -0.4 is 15.5 Å². The van der Waals surface area contributed by atoms with Crippen LogP contribution >= 0.6 is 35.6 Å². The molecule has 1 saturated heterocycles.